The van der Waals surface area contributed by atoms with Gasteiger partial charge < -0.3 is 16.0 Å². The molecule has 1 aromatic carbocycles. The van der Waals surface area contributed by atoms with Crippen LogP contribution >= 0.6 is 24.0 Å². The quantitative estimate of drug-likeness (QED) is 0.419. The van der Waals surface area contributed by atoms with E-state index < -0.39 is 0 Å². The molecule has 1 saturated heterocycles. The van der Waals surface area contributed by atoms with Crippen LogP contribution in [0.4, 0.5) is 0 Å². The molecule has 24 heavy (non-hydrogen) atoms. The Hall–Kier alpha value is -1.31. The van der Waals surface area contributed by atoms with E-state index in [4.69, 9.17) is 5.73 Å². The van der Waals surface area contributed by atoms with Crippen LogP contribution < -0.4 is 11.1 Å². The molecule has 0 aromatic heterocycles. The van der Waals surface area contributed by atoms with Crippen molar-refractivity contribution in [1.29, 1.82) is 0 Å². The maximum Gasteiger partial charge on any atom is 0.253 e. The number of nitrogens with zero attached hydrogens (tertiary/aromatic N) is 2. The Balaban J connectivity index is 0.00000208. The van der Waals surface area contributed by atoms with E-state index in [2.05, 4.69) is 10.3 Å². The number of carbonyl (C=O) groups excluding carboxylic acids is 1. The number of halogens is 1. The standard InChI is InChI=1S/C18H26N4O.HI/c19-18(20-12-14-5-3-6-14)21-13-15-7-4-8-16(11-15)17(23)22-9-1-2-10-22;/h4,7-8,11,14H,1-3,5-6,9-10,12-13H2,(H3,19,20,21);1H. The minimum atomic E-state index is 0. The molecule has 1 saturated carbocycles. The van der Waals surface area contributed by atoms with Crippen LogP contribution in [0.25, 0.3) is 0 Å². The Kier molecular flexibility index (Phi) is 7.33. The first-order chi connectivity index (χ1) is 11.2. The highest BCUT2D eigenvalue weighted by molar-refractivity contribution is 14.0. The first-order valence-corrected chi connectivity index (χ1v) is 8.64. The number of carbonyl (C=O) groups is 1. The Labute approximate surface area is 161 Å². The lowest BCUT2D eigenvalue weighted by Gasteiger charge is -2.25. The predicted molar refractivity (Wildman–Crippen MR) is 108 cm³/mol. The van der Waals surface area contributed by atoms with Crippen LogP contribution in [0.5, 0.6) is 0 Å². The Morgan fingerprint density at radius 2 is 2.00 bits per heavy atom. The highest BCUT2D eigenvalue weighted by Gasteiger charge is 2.19. The molecule has 0 spiro atoms. The normalized spacial score (nSPS) is 18.0. The van der Waals surface area contributed by atoms with Gasteiger partial charge in [0.25, 0.3) is 5.91 Å². The fourth-order valence-electron chi connectivity index (χ4n) is 3.08. The third-order valence-electron chi connectivity index (χ3n) is 4.80. The molecule has 132 valence electrons. The van der Waals surface area contributed by atoms with E-state index in [1.165, 1.54) is 19.3 Å². The van der Waals surface area contributed by atoms with Crippen molar-refractivity contribution in [2.75, 3.05) is 19.6 Å². The summed E-state index contributed by atoms with van der Waals surface area (Å²) >= 11 is 0. The molecule has 1 amide bonds. The lowest BCUT2D eigenvalue weighted by molar-refractivity contribution is 0.0792. The second kappa shape index (κ2) is 9.25. The fraction of sp³-hybridized carbons (Fsp3) is 0.556. The average molecular weight is 442 g/mol. The van der Waals surface area contributed by atoms with E-state index in [0.717, 1.165) is 49.5 Å². The summed E-state index contributed by atoms with van der Waals surface area (Å²) in [7, 11) is 0. The monoisotopic (exact) mass is 442 g/mol. The molecular formula is C18H27IN4O. The van der Waals surface area contributed by atoms with Crippen LogP contribution in [0, 0.1) is 5.92 Å². The van der Waals surface area contributed by atoms with E-state index in [1.54, 1.807) is 0 Å². The van der Waals surface area contributed by atoms with E-state index in [0.29, 0.717) is 12.5 Å². The summed E-state index contributed by atoms with van der Waals surface area (Å²) < 4.78 is 0. The summed E-state index contributed by atoms with van der Waals surface area (Å²) in [6.45, 7) is 3.17. The molecule has 1 aromatic rings. The summed E-state index contributed by atoms with van der Waals surface area (Å²) in [5.41, 5.74) is 7.68. The highest BCUT2D eigenvalue weighted by Crippen LogP contribution is 2.25. The number of hydrogen-bond acceptors (Lipinski definition) is 2. The number of hydrogen-bond donors (Lipinski definition) is 2. The summed E-state index contributed by atoms with van der Waals surface area (Å²) in [4.78, 5) is 18.7. The first kappa shape index (κ1) is 19.0. The fourth-order valence-corrected chi connectivity index (χ4v) is 3.08. The van der Waals surface area contributed by atoms with E-state index in [9.17, 15) is 4.79 Å². The van der Waals surface area contributed by atoms with E-state index >= 15 is 0 Å². The molecule has 2 fully saturated rings. The number of nitrogens with two attached hydrogens (primary N) is 1. The smallest absolute Gasteiger partial charge is 0.253 e. The van der Waals surface area contributed by atoms with Crippen LogP contribution in [0.3, 0.4) is 0 Å². The lowest BCUT2D eigenvalue weighted by Crippen LogP contribution is -2.37. The topological polar surface area (TPSA) is 70.7 Å². The van der Waals surface area contributed by atoms with Gasteiger partial charge in [-0.25, -0.2) is 4.99 Å². The number of amides is 1. The molecular weight excluding hydrogens is 415 g/mol. The Bertz CT molecular complexity index is 580. The Morgan fingerprint density at radius 1 is 1.25 bits per heavy atom. The van der Waals surface area contributed by atoms with Crippen LogP contribution in [0.1, 0.15) is 48.0 Å². The number of guanidine groups is 1. The zero-order valence-corrected chi connectivity index (χ0v) is 16.4. The van der Waals surface area contributed by atoms with Gasteiger partial charge in [-0.2, -0.15) is 0 Å². The van der Waals surface area contributed by atoms with Gasteiger partial charge in [0.15, 0.2) is 5.96 Å². The van der Waals surface area contributed by atoms with Gasteiger partial charge in [0.2, 0.25) is 0 Å². The van der Waals surface area contributed by atoms with Gasteiger partial charge in [0.05, 0.1) is 6.54 Å². The van der Waals surface area contributed by atoms with E-state index in [-0.39, 0.29) is 29.9 Å². The molecule has 2 aliphatic rings. The third kappa shape index (κ3) is 5.09. The zero-order chi connectivity index (χ0) is 16.1. The minimum absolute atomic E-state index is 0. The van der Waals surface area contributed by atoms with Gasteiger partial charge >= 0.3 is 0 Å². The van der Waals surface area contributed by atoms with Gasteiger partial charge in [0.1, 0.15) is 0 Å². The highest BCUT2D eigenvalue weighted by atomic mass is 127. The van der Waals surface area contributed by atoms with E-state index in [1.807, 2.05) is 29.2 Å². The zero-order valence-electron chi connectivity index (χ0n) is 14.0. The molecule has 0 atom stereocenters. The van der Waals surface area contributed by atoms with Crippen molar-refractivity contribution in [3.05, 3.63) is 35.4 Å². The van der Waals surface area contributed by atoms with Gasteiger partial charge in [-0.1, -0.05) is 18.6 Å². The lowest BCUT2D eigenvalue weighted by atomic mass is 9.85. The summed E-state index contributed by atoms with van der Waals surface area (Å²) in [5, 5.41) is 3.19. The molecule has 3 N–H and O–H groups in total. The van der Waals surface area contributed by atoms with Crippen LogP contribution in [0.2, 0.25) is 0 Å². The third-order valence-corrected chi connectivity index (χ3v) is 4.80. The average Bonchev–Trinajstić information content (AvgIpc) is 3.05. The molecule has 5 nitrogen and oxygen atoms in total. The molecule has 0 radical (unpaired) electrons. The molecule has 1 aliphatic carbocycles. The second-order valence-electron chi connectivity index (χ2n) is 6.58. The SMILES string of the molecule is I.NC(=NCc1cccc(C(=O)N2CCCC2)c1)NCC1CCC1. The van der Waals surface area contributed by atoms with Gasteiger partial charge in [-0.05, 0) is 49.3 Å². The van der Waals surface area contributed by atoms with Gasteiger partial charge in [0, 0.05) is 25.2 Å². The van der Waals surface area contributed by atoms with Crippen molar-refractivity contribution in [3.8, 4) is 0 Å². The Morgan fingerprint density at radius 3 is 2.67 bits per heavy atom. The van der Waals surface area contributed by atoms with Crippen LogP contribution in [-0.2, 0) is 6.54 Å². The van der Waals surface area contributed by atoms with Gasteiger partial charge in [-0.3, -0.25) is 4.79 Å². The maximum absolute atomic E-state index is 12.4. The number of likely N-dealkylation sites (tertiary alicyclic amines) is 1. The number of aliphatic imine (C=N–C) groups is 1. The molecule has 1 aliphatic heterocycles. The molecule has 3 rings (SSSR count). The van der Waals surface area contributed by atoms with Crippen molar-refractivity contribution in [3.63, 3.8) is 0 Å². The van der Waals surface area contributed by atoms with Crippen LogP contribution in [0.15, 0.2) is 29.3 Å². The molecule has 0 bridgehead atoms. The van der Waals surface area contributed by atoms with Crippen molar-refractivity contribution >= 4 is 35.8 Å². The largest absolute Gasteiger partial charge is 0.370 e. The number of rotatable bonds is 5. The molecule has 0 unspecified atom stereocenters. The number of nitrogens with one attached hydrogen (secondary N) is 1. The van der Waals surface area contributed by atoms with Crippen molar-refractivity contribution in [2.45, 2.75) is 38.6 Å². The van der Waals surface area contributed by atoms with Crippen LogP contribution in [-0.4, -0.2) is 36.4 Å². The molecule has 6 heteroatoms. The van der Waals surface area contributed by atoms with Crippen molar-refractivity contribution in [1.82, 2.24) is 10.2 Å². The van der Waals surface area contributed by atoms with Crippen molar-refractivity contribution in [2.24, 2.45) is 16.6 Å². The summed E-state index contributed by atoms with van der Waals surface area (Å²) in [5.74, 6) is 1.38. The summed E-state index contributed by atoms with van der Waals surface area (Å²) in [6.07, 6.45) is 6.14. The second-order valence-corrected chi connectivity index (χ2v) is 6.58. The predicted octanol–water partition coefficient (Wildman–Crippen LogP) is 2.75. The first-order valence-electron chi connectivity index (χ1n) is 8.64. The van der Waals surface area contributed by atoms with Crippen molar-refractivity contribution < 1.29 is 4.79 Å². The van der Waals surface area contributed by atoms with Gasteiger partial charge in [-0.15, -0.1) is 24.0 Å². The summed E-state index contributed by atoms with van der Waals surface area (Å²) in [6, 6.07) is 7.73. The maximum atomic E-state index is 12.4. The minimum Gasteiger partial charge on any atom is -0.370 e. The molecule has 1 heterocycles. The number of benzene rings is 1.